The van der Waals surface area contributed by atoms with Crippen molar-refractivity contribution in [3.8, 4) is 11.4 Å². The van der Waals surface area contributed by atoms with Crippen LogP contribution in [0.5, 0.6) is 0 Å². The fourth-order valence-corrected chi connectivity index (χ4v) is 2.37. The van der Waals surface area contributed by atoms with E-state index in [0.29, 0.717) is 29.4 Å². The Bertz CT molecular complexity index is 742. The maximum atomic E-state index is 12.6. The Balaban J connectivity index is 1.81. The Labute approximate surface area is 131 Å². The maximum absolute atomic E-state index is 12.6. The van der Waals surface area contributed by atoms with E-state index >= 15 is 0 Å². The molecule has 1 atom stereocenters. The van der Waals surface area contributed by atoms with Gasteiger partial charge in [-0.3, -0.25) is 4.79 Å². The average Bonchev–Trinajstić information content (AvgIpc) is 3.01. The van der Waals surface area contributed by atoms with E-state index in [-0.39, 0.29) is 19.1 Å². The SMILES string of the molecule is Cc1nc(-c2cccc(C(=O)N3CCOC(C(=O)O)C3)c2)no1. The molecule has 1 aliphatic heterocycles. The van der Waals surface area contributed by atoms with E-state index in [1.807, 2.05) is 0 Å². The Hall–Kier alpha value is -2.74. The highest BCUT2D eigenvalue weighted by molar-refractivity contribution is 5.95. The third-order valence-electron chi connectivity index (χ3n) is 3.52. The molecule has 120 valence electrons. The van der Waals surface area contributed by atoms with Crippen molar-refractivity contribution in [3.63, 3.8) is 0 Å². The summed E-state index contributed by atoms with van der Waals surface area (Å²) in [7, 11) is 0. The number of ether oxygens (including phenoxy) is 1. The monoisotopic (exact) mass is 317 g/mol. The van der Waals surface area contributed by atoms with Crippen LogP contribution < -0.4 is 0 Å². The van der Waals surface area contributed by atoms with Gasteiger partial charge in [0.1, 0.15) is 0 Å². The second-order valence-corrected chi connectivity index (χ2v) is 5.17. The molecule has 1 aromatic carbocycles. The lowest BCUT2D eigenvalue weighted by molar-refractivity contribution is -0.154. The number of hydrogen-bond donors (Lipinski definition) is 1. The van der Waals surface area contributed by atoms with Gasteiger partial charge in [0.15, 0.2) is 6.10 Å². The van der Waals surface area contributed by atoms with E-state index in [2.05, 4.69) is 10.1 Å². The zero-order chi connectivity index (χ0) is 16.4. The summed E-state index contributed by atoms with van der Waals surface area (Å²) in [4.78, 5) is 29.2. The molecule has 8 heteroatoms. The van der Waals surface area contributed by atoms with E-state index in [1.54, 1.807) is 31.2 Å². The number of hydrogen-bond acceptors (Lipinski definition) is 6. The summed E-state index contributed by atoms with van der Waals surface area (Å²) in [5.41, 5.74) is 1.10. The van der Waals surface area contributed by atoms with Crippen LogP contribution in [0.1, 0.15) is 16.2 Å². The van der Waals surface area contributed by atoms with Gasteiger partial charge < -0.3 is 19.3 Å². The molecular formula is C15H15N3O5. The largest absolute Gasteiger partial charge is 0.479 e. The minimum atomic E-state index is -1.07. The summed E-state index contributed by atoms with van der Waals surface area (Å²) < 4.78 is 10.1. The van der Waals surface area contributed by atoms with Gasteiger partial charge in [-0.25, -0.2) is 4.79 Å². The first-order valence-corrected chi connectivity index (χ1v) is 7.09. The van der Waals surface area contributed by atoms with Crippen molar-refractivity contribution >= 4 is 11.9 Å². The van der Waals surface area contributed by atoms with E-state index < -0.39 is 12.1 Å². The number of aromatic nitrogens is 2. The normalized spacial score (nSPS) is 18.0. The quantitative estimate of drug-likeness (QED) is 0.899. The van der Waals surface area contributed by atoms with Crippen molar-refractivity contribution in [1.29, 1.82) is 0 Å². The van der Waals surface area contributed by atoms with Crippen LogP contribution in [0.25, 0.3) is 11.4 Å². The molecule has 0 bridgehead atoms. The van der Waals surface area contributed by atoms with Gasteiger partial charge in [-0.05, 0) is 12.1 Å². The third-order valence-corrected chi connectivity index (χ3v) is 3.52. The molecule has 1 aromatic heterocycles. The molecule has 1 fully saturated rings. The molecule has 0 saturated carbocycles. The first-order valence-electron chi connectivity index (χ1n) is 7.09. The van der Waals surface area contributed by atoms with Crippen LogP contribution >= 0.6 is 0 Å². The molecule has 1 saturated heterocycles. The minimum Gasteiger partial charge on any atom is -0.479 e. The van der Waals surface area contributed by atoms with Gasteiger partial charge in [-0.2, -0.15) is 4.98 Å². The number of carboxylic acids is 1. The van der Waals surface area contributed by atoms with E-state index in [0.717, 1.165) is 0 Å². The molecule has 0 radical (unpaired) electrons. The van der Waals surface area contributed by atoms with Crippen LogP contribution in [-0.2, 0) is 9.53 Å². The Morgan fingerprint density at radius 1 is 1.39 bits per heavy atom. The number of carboxylic acid groups (broad SMARTS) is 1. The summed E-state index contributed by atoms with van der Waals surface area (Å²) in [5.74, 6) is -0.475. The molecule has 1 amide bonds. The van der Waals surface area contributed by atoms with Crippen molar-refractivity contribution < 1.29 is 24.0 Å². The van der Waals surface area contributed by atoms with E-state index in [9.17, 15) is 9.59 Å². The zero-order valence-corrected chi connectivity index (χ0v) is 12.4. The predicted octanol–water partition coefficient (Wildman–Crippen LogP) is 0.971. The van der Waals surface area contributed by atoms with Crippen LogP contribution in [0.15, 0.2) is 28.8 Å². The number of aryl methyl sites for hydroxylation is 1. The zero-order valence-electron chi connectivity index (χ0n) is 12.4. The summed E-state index contributed by atoms with van der Waals surface area (Å²) in [6.07, 6.45) is -0.990. The van der Waals surface area contributed by atoms with Gasteiger partial charge in [0.25, 0.3) is 5.91 Å². The average molecular weight is 317 g/mol. The number of carbonyl (C=O) groups excluding carboxylic acids is 1. The smallest absolute Gasteiger partial charge is 0.334 e. The number of benzene rings is 1. The summed E-state index contributed by atoms with van der Waals surface area (Å²) in [5, 5.41) is 12.8. The van der Waals surface area contributed by atoms with Crippen molar-refractivity contribution in [2.24, 2.45) is 0 Å². The standard InChI is InChI=1S/C15H15N3O5/c1-9-16-13(17-23-9)10-3-2-4-11(7-10)14(19)18-5-6-22-12(8-18)15(20)21/h2-4,7,12H,5-6,8H2,1H3,(H,20,21). The molecule has 2 aromatic rings. The molecule has 23 heavy (non-hydrogen) atoms. The third kappa shape index (κ3) is 3.21. The van der Waals surface area contributed by atoms with E-state index in [1.165, 1.54) is 4.90 Å². The highest BCUT2D eigenvalue weighted by atomic mass is 16.5. The maximum Gasteiger partial charge on any atom is 0.334 e. The number of amides is 1. The van der Waals surface area contributed by atoms with Crippen molar-refractivity contribution in [2.45, 2.75) is 13.0 Å². The summed E-state index contributed by atoms with van der Waals surface area (Å²) >= 11 is 0. The highest BCUT2D eigenvalue weighted by Gasteiger charge is 2.29. The predicted molar refractivity (Wildman–Crippen MR) is 77.8 cm³/mol. The van der Waals surface area contributed by atoms with Crippen LogP contribution in [-0.4, -0.2) is 57.8 Å². The first kappa shape index (κ1) is 15.2. The van der Waals surface area contributed by atoms with Crippen molar-refractivity contribution in [2.75, 3.05) is 19.7 Å². The Kier molecular flexibility index (Phi) is 4.07. The molecule has 1 unspecified atom stereocenters. The van der Waals surface area contributed by atoms with Gasteiger partial charge in [0.05, 0.1) is 13.2 Å². The second kappa shape index (κ2) is 6.17. The highest BCUT2D eigenvalue weighted by Crippen LogP contribution is 2.19. The van der Waals surface area contributed by atoms with E-state index in [4.69, 9.17) is 14.4 Å². The molecular weight excluding hydrogens is 302 g/mol. The molecule has 1 aliphatic rings. The number of rotatable bonds is 3. The van der Waals surface area contributed by atoms with Crippen LogP contribution in [0.4, 0.5) is 0 Å². The molecule has 2 heterocycles. The summed E-state index contributed by atoms with van der Waals surface area (Å²) in [6, 6.07) is 6.84. The molecule has 3 rings (SSSR count). The topological polar surface area (TPSA) is 106 Å². The number of nitrogens with zero attached hydrogens (tertiary/aromatic N) is 3. The minimum absolute atomic E-state index is 0.0275. The van der Waals surface area contributed by atoms with Gasteiger partial charge in [-0.1, -0.05) is 17.3 Å². The van der Waals surface area contributed by atoms with Crippen molar-refractivity contribution in [1.82, 2.24) is 15.0 Å². The van der Waals surface area contributed by atoms with Gasteiger partial charge in [0, 0.05) is 24.6 Å². The Morgan fingerprint density at radius 3 is 2.91 bits per heavy atom. The number of morpholine rings is 1. The van der Waals surface area contributed by atoms with Gasteiger partial charge in [-0.15, -0.1) is 0 Å². The molecule has 1 N–H and O–H groups in total. The van der Waals surface area contributed by atoms with Crippen LogP contribution in [0, 0.1) is 6.92 Å². The lowest BCUT2D eigenvalue weighted by Gasteiger charge is -2.31. The van der Waals surface area contributed by atoms with Crippen molar-refractivity contribution in [3.05, 3.63) is 35.7 Å². The number of aliphatic carboxylic acids is 1. The second-order valence-electron chi connectivity index (χ2n) is 5.17. The van der Waals surface area contributed by atoms with Gasteiger partial charge >= 0.3 is 5.97 Å². The Morgan fingerprint density at radius 2 is 2.22 bits per heavy atom. The fraction of sp³-hybridized carbons (Fsp3) is 0.333. The first-order chi connectivity index (χ1) is 11.0. The molecule has 8 nitrogen and oxygen atoms in total. The lowest BCUT2D eigenvalue weighted by Crippen LogP contribution is -2.48. The number of carbonyl (C=O) groups is 2. The van der Waals surface area contributed by atoms with Crippen LogP contribution in [0.2, 0.25) is 0 Å². The van der Waals surface area contributed by atoms with Crippen LogP contribution in [0.3, 0.4) is 0 Å². The summed E-state index contributed by atoms with van der Waals surface area (Å²) in [6.45, 7) is 2.27. The lowest BCUT2D eigenvalue weighted by atomic mass is 10.1. The fourth-order valence-electron chi connectivity index (χ4n) is 2.37. The van der Waals surface area contributed by atoms with Gasteiger partial charge in [0.2, 0.25) is 11.7 Å². The molecule has 0 spiro atoms. The molecule has 0 aliphatic carbocycles.